The topological polar surface area (TPSA) is 118 Å². The van der Waals surface area contributed by atoms with Crippen LogP contribution in [-0.4, -0.2) is 30.9 Å². The first-order valence-corrected chi connectivity index (χ1v) is 15.0. The van der Waals surface area contributed by atoms with Gasteiger partial charge in [0.05, 0.1) is 21.6 Å². The Morgan fingerprint density at radius 2 is 1.76 bits per heavy atom. The first-order chi connectivity index (χ1) is 22.0. The number of fused-ring (bicyclic) bond motifs is 2. The van der Waals surface area contributed by atoms with Crippen molar-refractivity contribution < 1.29 is 24.0 Å². The summed E-state index contributed by atoms with van der Waals surface area (Å²) < 4.78 is 14.9. The number of carbonyl (C=O) groups is 2. The van der Waals surface area contributed by atoms with Crippen molar-refractivity contribution in [1.82, 2.24) is 14.1 Å². The molecule has 4 heterocycles. The number of hydrogen-bond acceptors (Lipinski definition) is 8. The van der Waals surface area contributed by atoms with Crippen LogP contribution in [0.3, 0.4) is 0 Å². The maximum atomic E-state index is 14.3. The van der Waals surface area contributed by atoms with E-state index in [-0.39, 0.29) is 22.5 Å². The van der Waals surface area contributed by atoms with Crippen molar-refractivity contribution in [2.45, 2.75) is 17.7 Å². The molecule has 0 amide bonds. The van der Waals surface area contributed by atoms with Crippen LogP contribution in [0.15, 0.2) is 116 Å². The highest BCUT2D eigenvalue weighted by molar-refractivity contribution is 7.99. The average molecular weight is 617 g/mol. The lowest BCUT2D eigenvalue weighted by atomic mass is 9.99. The highest BCUT2D eigenvalue weighted by Crippen LogP contribution is 2.45. The average Bonchev–Trinajstić information content (AvgIpc) is 3.79. The van der Waals surface area contributed by atoms with E-state index in [9.17, 15) is 19.7 Å². The SMILES string of the molecule is O=C(c1ccn2c1C(c1cccnc1)SC2)c1cn(C(=O)Oc2ccc([N+](=O)[O-])cc2)c2cc(OCc3ccccc3)ccc12. The monoisotopic (exact) mass is 616 g/mol. The van der Waals surface area contributed by atoms with E-state index in [1.54, 1.807) is 36.2 Å². The summed E-state index contributed by atoms with van der Waals surface area (Å²) in [6.07, 6.45) is 6.14. The maximum Gasteiger partial charge on any atom is 0.423 e. The van der Waals surface area contributed by atoms with Crippen LogP contribution in [0.5, 0.6) is 11.5 Å². The molecule has 0 fully saturated rings. The minimum atomic E-state index is -0.779. The molecule has 0 N–H and O–H groups in total. The minimum absolute atomic E-state index is 0.0638. The second-order valence-corrected chi connectivity index (χ2v) is 11.4. The van der Waals surface area contributed by atoms with Gasteiger partial charge in [-0.15, -0.1) is 11.8 Å². The third kappa shape index (κ3) is 5.45. The van der Waals surface area contributed by atoms with Gasteiger partial charge in [-0.2, -0.15) is 0 Å². The van der Waals surface area contributed by atoms with Gasteiger partial charge in [0.15, 0.2) is 5.78 Å². The number of pyridine rings is 1. The van der Waals surface area contributed by atoms with Crippen LogP contribution in [0.4, 0.5) is 10.5 Å². The number of ether oxygens (including phenoxy) is 2. The Bertz CT molecular complexity index is 2060. The Hall–Kier alpha value is -5.68. The number of ketones is 1. The minimum Gasteiger partial charge on any atom is -0.489 e. The van der Waals surface area contributed by atoms with Gasteiger partial charge in [-0.1, -0.05) is 36.4 Å². The van der Waals surface area contributed by atoms with Crippen LogP contribution in [0, 0.1) is 10.1 Å². The van der Waals surface area contributed by atoms with Crippen molar-refractivity contribution >= 4 is 40.2 Å². The first-order valence-electron chi connectivity index (χ1n) is 14.0. The summed E-state index contributed by atoms with van der Waals surface area (Å²) in [5.41, 5.74) is 4.03. The van der Waals surface area contributed by atoms with Crippen LogP contribution < -0.4 is 9.47 Å². The lowest BCUT2D eigenvalue weighted by molar-refractivity contribution is -0.384. The van der Waals surface area contributed by atoms with Gasteiger partial charge in [-0.3, -0.25) is 24.5 Å². The third-order valence-electron chi connectivity index (χ3n) is 7.59. The van der Waals surface area contributed by atoms with Gasteiger partial charge in [0.1, 0.15) is 18.1 Å². The summed E-state index contributed by atoms with van der Waals surface area (Å²) in [6.45, 7) is 0.316. The number of hydrogen-bond donors (Lipinski definition) is 0. The Kier molecular flexibility index (Phi) is 7.36. The molecule has 0 saturated heterocycles. The molecule has 0 spiro atoms. The fourth-order valence-corrected chi connectivity index (χ4v) is 6.69. The molecule has 3 aromatic heterocycles. The number of rotatable bonds is 8. The highest BCUT2D eigenvalue weighted by atomic mass is 32.2. The summed E-state index contributed by atoms with van der Waals surface area (Å²) in [6, 6.07) is 25.8. The van der Waals surface area contributed by atoms with E-state index in [4.69, 9.17) is 9.47 Å². The van der Waals surface area contributed by atoms with Crippen molar-refractivity contribution in [2.75, 3.05) is 0 Å². The zero-order chi connectivity index (χ0) is 30.9. The van der Waals surface area contributed by atoms with Crippen molar-refractivity contribution in [1.29, 1.82) is 0 Å². The zero-order valence-corrected chi connectivity index (χ0v) is 24.4. The lowest BCUT2D eigenvalue weighted by Gasteiger charge is -2.11. The third-order valence-corrected chi connectivity index (χ3v) is 8.84. The Balaban J connectivity index is 1.26. The second-order valence-electron chi connectivity index (χ2n) is 10.4. The molecular formula is C34H24N4O6S. The smallest absolute Gasteiger partial charge is 0.423 e. The van der Waals surface area contributed by atoms with Gasteiger partial charge in [-0.05, 0) is 47.5 Å². The van der Waals surface area contributed by atoms with Crippen LogP contribution in [0.1, 0.15) is 38.0 Å². The molecule has 1 unspecified atom stereocenters. The second kappa shape index (κ2) is 11.8. The van der Waals surface area contributed by atoms with Crippen molar-refractivity contribution in [3.63, 3.8) is 0 Å². The predicted molar refractivity (Wildman–Crippen MR) is 169 cm³/mol. The highest BCUT2D eigenvalue weighted by Gasteiger charge is 2.32. The largest absolute Gasteiger partial charge is 0.489 e. The molecule has 0 saturated carbocycles. The molecule has 0 bridgehead atoms. The van der Waals surface area contributed by atoms with Crippen LogP contribution in [0.2, 0.25) is 0 Å². The zero-order valence-electron chi connectivity index (χ0n) is 23.6. The standard InChI is InChI=1S/C34H24N4O6S/c39-32(28-14-16-36-21-45-33(31(28)36)23-7-4-15-35-18-23)29-19-37(34(40)44-25-10-8-24(9-11-25)38(41)42)30-17-26(12-13-27(29)30)43-20-22-5-2-1-3-6-22/h1-19,33H,20-21H2. The van der Waals surface area contributed by atoms with Crippen molar-refractivity contribution in [3.8, 4) is 11.5 Å². The molecular weight excluding hydrogens is 592 g/mol. The summed E-state index contributed by atoms with van der Waals surface area (Å²) in [4.78, 5) is 42.6. The number of thioether (sulfide) groups is 1. The Labute approximate surface area is 261 Å². The van der Waals surface area contributed by atoms with Gasteiger partial charge in [0.2, 0.25) is 0 Å². The van der Waals surface area contributed by atoms with Gasteiger partial charge in [0, 0.05) is 65.2 Å². The van der Waals surface area contributed by atoms with E-state index in [1.807, 2.05) is 60.9 Å². The molecule has 1 atom stereocenters. The van der Waals surface area contributed by atoms with Gasteiger partial charge >= 0.3 is 6.09 Å². The lowest BCUT2D eigenvalue weighted by Crippen LogP contribution is -2.16. The van der Waals surface area contributed by atoms with Crippen molar-refractivity contribution in [3.05, 3.63) is 154 Å². The van der Waals surface area contributed by atoms with Crippen LogP contribution in [0.25, 0.3) is 10.9 Å². The molecule has 11 heteroatoms. The Morgan fingerprint density at radius 3 is 2.51 bits per heavy atom. The maximum absolute atomic E-state index is 14.3. The molecule has 1 aliphatic rings. The first kappa shape index (κ1) is 28.1. The van der Waals surface area contributed by atoms with Crippen molar-refractivity contribution in [2.24, 2.45) is 0 Å². The van der Waals surface area contributed by atoms with E-state index in [0.29, 0.717) is 40.3 Å². The summed E-state index contributed by atoms with van der Waals surface area (Å²) in [5.74, 6) is 1.10. The molecule has 222 valence electrons. The molecule has 7 rings (SSSR count). The Morgan fingerprint density at radius 1 is 0.956 bits per heavy atom. The number of nitrogens with zero attached hydrogens (tertiary/aromatic N) is 4. The van der Waals surface area contributed by atoms with E-state index >= 15 is 0 Å². The van der Waals surface area contributed by atoms with Gasteiger partial charge < -0.3 is 14.0 Å². The number of carbonyl (C=O) groups excluding carboxylic acids is 2. The van der Waals surface area contributed by atoms with Crippen LogP contribution >= 0.6 is 11.8 Å². The number of benzene rings is 3. The molecule has 0 aliphatic carbocycles. The summed E-state index contributed by atoms with van der Waals surface area (Å²) in [7, 11) is 0. The molecule has 10 nitrogen and oxygen atoms in total. The fraction of sp³-hybridized carbons (Fsp3) is 0.0882. The number of nitro groups is 1. The number of aromatic nitrogens is 3. The van der Waals surface area contributed by atoms with Gasteiger partial charge in [0.25, 0.3) is 5.69 Å². The van der Waals surface area contributed by atoms with E-state index in [0.717, 1.165) is 16.8 Å². The molecule has 45 heavy (non-hydrogen) atoms. The van der Waals surface area contributed by atoms with E-state index in [2.05, 4.69) is 9.55 Å². The number of nitro benzene ring substituents is 1. The molecule has 3 aromatic carbocycles. The molecule has 6 aromatic rings. The van der Waals surface area contributed by atoms with Gasteiger partial charge in [-0.25, -0.2) is 4.79 Å². The quantitative estimate of drug-likeness (QED) is 0.0986. The normalized spacial score (nSPS) is 13.8. The van der Waals surface area contributed by atoms with Crippen LogP contribution in [-0.2, 0) is 12.5 Å². The molecule has 1 aliphatic heterocycles. The fourth-order valence-electron chi connectivity index (χ4n) is 5.40. The predicted octanol–water partition coefficient (Wildman–Crippen LogP) is 7.40. The molecule has 0 radical (unpaired) electrons. The summed E-state index contributed by atoms with van der Waals surface area (Å²) >= 11 is 1.71. The van der Waals surface area contributed by atoms with E-state index < -0.39 is 11.0 Å². The number of non-ortho nitro benzene ring substituents is 1. The summed E-state index contributed by atoms with van der Waals surface area (Å²) in [5, 5.41) is 11.5. The van der Waals surface area contributed by atoms with E-state index in [1.165, 1.54) is 35.0 Å².